The van der Waals surface area contributed by atoms with E-state index in [4.69, 9.17) is 4.42 Å². The summed E-state index contributed by atoms with van der Waals surface area (Å²) in [4.78, 5) is 4.65. The van der Waals surface area contributed by atoms with E-state index in [9.17, 15) is 8.42 Å². The lowest BCUT2D eigenvalue weighted by molar-refractivity contribution is 0.424. The van der Waals surface area contributed by atoms with Crippen LogP contribution in [0.4, 0.5) is 0 Å². The van der Waals surface area contributed by atoms with Crippen molar-refractivity contribution in [1.29, 1.82) is 0 Å². The molecule has 1 aliphatic heterocycles. The molecule has 0 unspecified atom stereocenters. The molecule has 0 saturated carbocycles. The van der Waals surface area contributed by atoms with Gasteiger partial charge in [0.15, 0.2) is 5.76 Å². The highest BCUT2D eigenvalue weighted by Crippen LogP contribution is 2.27. The molecule has 0 radical (unpaired) electrons. The zero-order chi connectivity index (χ0) is 18.7. The second kappa shape index (κ2) is 7.66. The molecule has 4 rings (SSSR count). The zero-order valence-electron chi connectivity index (χ0n) is 15.0. The fourth-order valence-electron chi connectivity index (χ4n) is 3.34. The van der Waals surface area contributed by atoms with Crippen LogP contribution in [0.1, 0.15) is 25.7 Å². The predicted molar refractivity (Wildman–Crippen MR) is 105 cm³/mol. The highest BCUT2D eigenvalue weighted by atomic mass is 32.2. The van der Waals surface area contributed by atoms with E-state index < -0.39 is 10.0 Å². The average Bonchev–Trinajstić information content (AvgIpc) is 3.03. The van der Waals surface area contributed by atoms with Gasteiger partial charge in [0.05, 0.1) is 11.1 Å². The first kappa shape index (κ1) is 17.9. The Morgan fingerprint density at radius 1 is 0.815 bits per heavy atom. The summed E-state index contributed by atoms with van der Waals surface area (Å²) in [6.45, 7) is 1.20. The summed E-state index contributed by atoms with van der Waals surface area (Å²) >= 11 is 0. The first-order valence-corrected chi connectivity index (χ1v) is 10.7. The van der Waals surface area contributed by atoms with Crippen LogP contribution >= 0.6 is 0 Å². The third-order valence-corrected chi connectivity index (χ3v) is 6.78. The van der Waals surface area contributed by atoms with E-state index in [2.05, 4.69) is 4.98 Å². The van der Waals surface area contributed by atoms with Gasteiger partial charge in [0.2, 0.25) is 15.9 Å². The maximum absolute atomic E-state index is 12.9. The Kier molecular flexibility index (Phi) is 5.09. The van der Waals surface area contributed by atoms with Gasteiger partial charge in [-0.25, -0.2) is 13.4 Å². The summed E-state index contributed by atoms with van der Waals surface area (Å²) in [6.07, 6.45) is 5.73. The molecular weight excluding hydrogens is 360 g/mol. The largest absolute Gasteiger partial charge is 0.436 e. The minimum absolute atomic E-state index is 0.322. The van der Waals surface area contributed by atoms with E-state index >= 15 is 0 Å². The van der Waals surface area contributed by atoms with Gasteiger partial charge in [0.25, 0.3) is 0 Å². The quantitative estimate of drug-likeness (QED) is 0.663. The monoisotopic (exact) mass is 382 g/mol. The molecule has 0 N–H and O–H groups in total. The molecular formula is C21H22N2O3S. The van der Waals surface area contributed by atoms with Crippen molar-refractivity contribution in [3.05, 3.63) is 60.8 Å². The van der Waals surface area contributed by atoms with E-state index in [0.29, 0.717) is 29.6 Å². The standard InChI is InChI=1S/C21H22N2O3S/c24-27(25,23-14-6-1-2-7-15-23)19-12-10-18(11-13-19)21-22-16-20(26-21)17-8-4-3-5-9-17/h3-5,8-13,16H,1-2,6-7,14-15H2. The number of hydrogen-bond donors (Lipinski definition) is 0. The number of oxazole rings is 1. The Morgan fingerprint density at radius 3 is 2.15 bits per heavy atom. The summed E-state index contributed by atoms with van der Waals surface area (Å²) < 4.78 is 33.2. The molecule has 2 heterocycles. The predicted octanol–water partition coefficient (Wildman–Crippen LogP) is 4.57. The Balaban J connectivity index is 1.56. The molecule has 0 atom stereocenters. The van der Waals surface area contributed by atoms with Crippen LogP contribution < -0.4 is 0 Å². The minimum atomic E-state index is -3.44. The van der Waals surface area contributed by atoms with Crippen molar-refractivity contribution in [2.75, 3.05) is 13.1 Å². The fraction of sp³-hybridized carbons (Fsp3) is 0.286. The first-order chi connectivity index (χ1) is 13.1. The molecule has 27 heavy (non-hydrogen) atoms. The van der Waals surface area contributed by atoms with Crippen LogP contribution in [0.25, 0.3) is 22.8 Å². The molecule has 0 amide bonds. The summed E-state index contributed by atoms with van der Waals surface area (Å²) in [5, 5.41) is 0. The van der Waals surface area contributed by atoms with Gasteiger partial charge in [0.1, 0.15) is 0 Å². The van der Waals surface area contributed by atoms with Crippen LogP contribution in [0.5, 0.6) is 0 Å². The molecule has 6 heteroatoms. The number of sulfonamides is 1. The lowest BCUT2D eigenvalue weighted by Crippen LogP contribution is -2.31. The smallest absolute Gasteiger partial charge is 0.243 e. The number of benzene rings is 2. The van der Waals surface area contributed by atoms with Gasteiger partial charge >= 0.3 is 0 Å². The number of aromatic nitrogens is 1. The van der Waals surface area contributed by atoms with Crippen molar-refractivity contribution < 1.29 is 12.8 Å². The van der Waals surface area contributed by atoms with Crippen LogP contribution in [0.3, 0.4) is 0 Å². The summed E-state index contributed by atoms with van der Waals surface area (Å²) in [6, 6.07) is 16.5. The molecule has 2 aromatic carbocycles. The molecule has 1 fully saturated rings. The molecule has 1 aliphatic rings. The molecule has 1 saturated heterocycles. The van der Waals surface area contributed by atoms with Crippen molar-refractivity contribution in [3.8, 4) is 22.8 Å². The molecule has 0 spiro atoms. The average molecular weight is 382 g/mol. The Labute approximate surface area is 159 Å². The minimum Gasteiger partial charge on any atom is -0.436 e. The van der Waals surface area contributed by atoms with E-state index in [1.54, 1.807) is 34.8 Å². The Bertz CT molecular complexity index is 987. The molecule has 1 aromatic heterocycles. The molecule has 5 nitrogen and oxygen atoms in total. The second-order valence-electron chi connectivity index (χ2n) is 6.74. The highest BCUT2D eigenvalue weighted by molar-refractivity contribution is 7.89. The second-order valence-corrected chi connectivity index (χ2v) is 8.68. The van der Waals surface area contributed by atoms with Crippen LogP contribution in [0, 0.1) is 0 Å². The summed E-state index contributed by atoms with van der Waals surface area (Å²) in [5.41, 5.74) is 1.71. The van der Waals surface area contributed by atoms with Gasteiger partial charge in [0, 0.05) is 24.2 Å². The fourth-order valence-corrected chi connectivity index (χ4v) is 4.86. The maximum atomic E-state index is 12.9. The van der Waals surface area contributed by atoms with Crippen LogP contribution in [0.2, 0.25) is 0 Å². The van der Waals surface area contributed by atoms with E-state index in [0.717, 1.165) is 36.8 Å². The number of rotatable bonds is 4. The van der Waals surface area contributed by atoms with E-state index in [-0.39, 0.29) is 0 Å². The third-order valence-electron chi connectivity index (χ3n) is 4.87. The van der Waals surface area contributed by atoms with Gasteiger partial charge in [-0.3, -0.25) is 0 Å². The highest BCUT2D eigenvalue weighted by Gasteiger charge is 2.25. The van der Waals surface area contributed by atoms with Crippen LogP contribution in [-0.2, 0) is 10.0 Å². The molecule has 3 aromatic rings. The molecule has 0 aliphatic carbocycles. The van der Waals surface area contributed by atoms with Gasteiger partial charge in [-0.1, -0.05) is 43.2 Å². The van der Waals surface area contributed by atoms with Gasteiger partial charge < -0.3 is 4.42 Å². The van der Waals surface area contributed by atoms with Crippen molar-refractivity contribution in [2.24, 2.45) is 0 Å². The topological polar surface area (TPSA) is 63.4 Å². The van der Waals surface area contributed by atoms with Crippen molar-refractivity contribution >= 4 is 10.0 Å². The third kappa shape index (κ3) is 3.82. The summed E-state index contributed by atoms with van der Waals surface area (Å²) in [5.74, 6) is 1.17. The van der Waals surface area contributed by atoms with E-state index in [1.165, 1.54) is 0 Å². The molecule has 140 valence electrons. The van der Waals surface area contributed by atoms with Crippen LogP contribution in [0.15, 0.2) is 70.1 Å². The van der Waals surface area contributed by atoms with Crippen molar-refractivity contribution in [3.63, 3.8) is 0 Å². The SMILES string of the molecule is O=S(=O)(c1ccc(-c2ncc(-c3ccccc3)o2)cc1)N1CCCCCC1. The lowest BCUT2D eigenvalue weighted by atomic mass is 10.2. The van der Waals surface area contributed by atoms with E-state index in [1.807, 2.05) is 30.3 Å². The van der Waals surface area contributed by atoms with Crippen LogP contribution in [-0.4, -0.2) is 30.8 Å². The Morgan fingerprint density at radius 2 is 1.48 bits per heavy atom. The zero-order valence-corrected chi connectivity index (χ0v) is 15.9. The lowest BCUT2D eigenvalue weighted by Gasteiger charge is -2.19. The molecule has 0 bridgehead atoms. The number of nitrogens with zero attached hydrogens (tertiary/aromatic N) is 2. The normalized spacial score (nSPS) is 16.1. The van der Waals surface area contributed by atoms with Crippen molar-refractivity contribution in [1.82, 2.24) is 9.29 Å². The van der Waals surface area contributed by atoms with Gasteiger partial charge in [-0.2, -0.15) is 4.31 Å². The van der Waals surface area contributed by atoms with Crippen molar-refractivity contribution in [2.45, 2.75) is 30.6 Å². The van der Waals surface area contributed by atoms with Gasteiger partial charge in [-0.05, 0) is 37.1 Å². The first-order valence-electron chi connectivity index (χ1n) is 9.26. The Hall–Kier alpha value is -2.44. The van der Waals surface area contributed by atoms with Gasteiger partial charge in [-0.15, -0.1) is 0 Å². The maximum Gasteiger partial charge on any atom is 0.243 e. The number of hydrogen-bond acceptors (Lipinski definition) is 4. The summed E-state index contributed by atoms with van der Waals surface area (Å²) in [7, 11) is -3.44.